The first-order chi connectivity index (χ1) is 3.06. The molecular weight excluding hydrogens is 141 g/mol. The SMILES string of the molecule is O=CO[Cl+3]([O-])([O-])[O-].[LiH].[LiH]. The van der Waals surface area contributed by atoms with Gasteiger partial charge in [-0.3, -0.25) is 0 Å². The Morgan fingerprint density at radius 1 is 1.22 bits per heavy atom. The molecule has 0 aromatic carbocycles. The van der Waals surface area contributed by atoms with Gasteiger partial charge < -0.3 is 0 Å². The van der Waals surface area contributed by atoms with E-state index in [1.165, 1.54) is 0 Å². The molecule has 0 unspecified atom stereocenters. The van der Waals surface area contributed by atoms with Crippen molar-refractivity contribution in [3.05, 3.63) is 0 Å². The molecule has 9 heavy (non-hydrogen) atoms. The first-order valence-electron chi connectivity index (χ1n) is 1.09. The third-order valence-corrected chi connectivity index (χ3v) is 0.436. The summed E-state index contributed by atoms with van der Waals surface area (Å²) >= 11 is 0. The maximum atomic E-state index is 9.19. The molecule has 5 nitrogen and oxygen atoms in total. The Morgan fingerprint density at radius 2 is 1.56 bits per heavy atom. The molecule has 0 heterocycles. The molecule has 0 bridgehead atoms. The predicted octanol–water partition coefficient (Wildman–Crippen LogP) is -5.24. The second kappa shape index (κ2) is 6.95. The summed E-state index contributed by atoms with van der Waals surface area (Å²) in [6.45, 7) is -0.454. The molecule has 0 aromatic heterocycles. The molecule has 0 N–H and O–H groups in total. The van der Waals surface area contributed by atoms with E-state index in [0.717, 1.165) is 0 Å². The monoisotopic (exact) mass is 144 g/mol. The average Bonchev–Trinajstić information content (AvgIpc) is 1.30. The molecule has 0 amide bonds. The summed E-state index contributed by atoms with van der Waals surface area (Å²) in [5.41, 5.74) is 0. The van der Waals surface area contributed by atoms with Gasteiger partial charge in [-0.05, 0) is 4.29 Å². The zero-order valence-corrected chi connectivity index (χ0v) is 3.75. The van der Waals surface area contributed by atoms with E-state index in [-0.39, 0.29) is 37.7 Å². The Morgan fingerprint density at radius 3 is 1.56 bits per heavy atom. The second-order valence-corrected chi connectivity index (χ2v) is 1.50. The quantitative estimate of drug-likeness (QED) is 0.285. The second-order valence-electron chi connectivity index (χ2n) is 0.563. The predicted molar refractivity (Wildman–Crippen MR) is 21.4 cm³/mol. The normalized spacial score (nSPS) is 8.33. The van der Waals surface area contributed by atoms with Crippen LogP contribution in [0.3, 0.4) is 0 Å². The van der Waals surface area contributed by atoms with Gasteiger partial charge in [0.2, 0.25) is 0 Å². The molecule has 0 saturated carbocycles. The minimum atomic E-state index is -4.55. The molecule has 0 saturated heterocycles. The number of carbonyl (C=O) groups excluding carboxylic acids is 1. The van der Waals surface area contributed by atoms with Crippen LogP contribution in [0.1, 0.15) is 0 Å². The molecule has 0 aliphatic carbocycles. The summed E-state index contributed by atoms with van der Waals surface area (Å²) in [7, 11) is -4.55. The van der Waals surface area contributed by atoms with Crippen LogP contribution in [0.15, 0.2) is 0 Å². The van der Waals surface area contributed by atoms with Crippen molar-refractivity contribution in [1.82, 2.24) is 0 Å². The van der Waals surface area contributed by atoms with Gasteiger partial charge in [-0.25, -0.2) is 4.79 Å². The first-order valence-corrected chi connectivity index (χ1v) is 2.32. The van der Waals surface area contributed by atoms with Crippen molar-refractivity contribution in [3.8, 4) is 0 Å². The number of halogens is 1. The summed E-state index contributed by atoms with van der Waals surface area (Å²) in [6.07, 6.45) is 0. The maximum absolute atomic E-state index is 9.19. The standard InChI is InChI=1S/CHClO5.2Li.2H/c3-1-7-2(4,5)6;;;;/h1H;;;;. The third kappa shape index (κ3) is 17.7. The van der Waals surface area contributed by atoms with E-state index in [0.29, 0.717) is 0 Å². The third-order valence-electron chi connectivity index (χ3n) is 0.145. The van der Waals surface area contributed by atoms with E-state index in [1.54, 1.807) is 0 Å². The van der Waals surface area contributed by atoms with Crippen molar-refractivity contribution in [2.45, 2.75) is 0 Å². The average molecular weight is 144 g/mol. The zero-order valence-electron chi connectivity index (χ0n) is 3.00. The van der Waals surface area contributed by atoms with Gasteiger partial charge in [-0.15, -0.1) is 0 Å². The molecule has 0 rings (SSSR count). The molecule has 0 aliphatic heterocycles. The Bertz CT molecular complexity index is 69.8. The van der Waals surface area contributed by atoms with Gasteiger partial charge >= 0.3 is 44.2 Å². The summed E-state index contributed by atoms with van der Waals surface area (Å²) in [5, 5.41) is 0. The Labute approximate surface area is 77.5 Å². The Balaban J connectivity index is -0.000000180. The van der Waals surface area contributed by atoms with Crippen LogP contribution in [0.4, 0.5) is 0 Å². The van der Waals surface area contributed by atoms with Crippen LogP contribution in [-0.2, 0) is 9.08 Å². The van der Waals surface area contributed by atoms with Crippen LogP contribution in [0, 0.1) is 10.2 Å². The number of hydrogen-bond donors (Lipinski definition) is 0. The van der Waals surface area contributed by atoms with Crippen molar-refractivity contribution < 1.29 is 33.3 Å². The van der Waals surface area contributed by atoms with Crippen LogP contribution in [0.25, 0.3) is 0 Å². The fourth-order valence-corrected chi connectivity index (χ4v) is 0.134. The summed E-state index contributed by atoms with van der Waals surface area (Å²) < 4.78 is 30.5. The van der Waals surface area contributed by atoms with Crippen molar-refractivity contribution in [3.63, 3.8) is 0 Å². The van der Waals surface area contributed by atoms with Crippen LogP contribution in [0.2, 0.25) is 0 Å². The topological polar surface area (TPSA) is 95.5 Å². The van der Waals surface area contributed by atoms with Crippen molar-refractivity contribution in [1.29, 1.82) is 0 Å². The van der Waals surface area contributed by atoms with Gasteiger partial charge in [0.25, 0.3) is 0 Å². The van der Waals surface area contributed by atoms with Crippen molar-refractivity contribution in [2.24, 2.45) is 0 Å². The molecule has 0 fully saturated rings. The summed E-state index contributed by atoms with van der Waals surface area (Å²) in [4.78, 5) is 9.01. The van der Waals surface area contributed by atoms with Crippen LogP contribution in [0.5, 0.6) is 0 Å². The van der Waals surface area contributed by atoms with Crippen LogP contribution >= 0.6 is 0 Å². The molecule has 0 aromatic rings. The zero-order chi connectivity index (χ0) is 5.91. The van der Waals surface area contributed by atoms with Gasteiger partial charge in [0.1, 0.15) is 10.2 Å². The Kier molecular flexibility index (Phi) is 12.7. The first kappa shape index (κ1) is 16.4. The molecule has 0 aliphatic rings. The minimum absolute atomic E-state index is 0. The van der Waals surface area contributed by atoms with E-state index < -0.39 is 16.7 Å². The van der Waals surface area contributed by atoms with E-state index in [9.17, 15) is 14.0 Å². The van der Waals surface area contributed by atoms with Crippen LogP contribution < -0.4 is 14.0 Å². The van der Waals surface area contributed by atoms with E-state index in [2.05, 4.69) is 4.29 Å². The van der Waals surface area contributed by atoms with E-state index in [1.807, 2.05) is 0 Å². The van der Waals surface area contributed by atoms with Gasteiger partial charge in [0.05, 0.1) is 0 Å². The molecular formula is CH3ClLi2O5. The molecule has 0 spiro atoms. The number of rotatable bonds is 2. The van der Waals surface area contributed by atoms with Gasteiger partial charge in [0, 0.05) is 0 Å². The summed E-state index contributed by atoms with van der Waals surface area (Å²) in [5.74, 6) is 0. The Hall–Kier alpha value is 0.835. The van der Waals surface area contributed by atoms with E-state index >= 15 is 0 Å². The van der Waals surface area contributed by atoms with Gasteiger partial charge in [0.15, 0.2) is 0 Å². The molecule has 8 heteroatoms. The fourth-order valence-electron chi connectivity index (χ4n) is 0.0445. The van der Waals surface area contributed by atoms with Crippen molar-refractivity contribution in [2.75, 3.05) is 0 Å². The van der Waals surface area contributed by atoms with E-state index in [4.69, 9.17) is 4.79 Å². The van der Waals surface area contributed by atoms with Gasteiger partial charge in [-0.1, -0.05) is 0 Å². The van der Waals surface area contributed by atoms with Crippen LogP contribution in [-0.4, -0.2) is 44.2 Å². The van der Waals surface area contributed by atoms with Crippen molar-refractivity contribution >= 4 is 44.2 Å². The summed E-state index contributed by atoms with van der Waals surface area (Å²) in [6, 6.07) is 0. The van der Waals surface area contributed by atoms with Gasteiger partial charge in [-0.2, -0.15) is 14.0 Å². The number of carbonyl (C=O) groups is 1. The molecule has 0 atom stereocenters. The fraction of sp³-hybridized carbons (Fsp3) is 0. The molecule has 0 radical (unpaired) electrons. The molecule has 46 valence electrons. The number of hydrogen-bond acceptors (Lipinski definition) is 5.